The summed E-state index contributed by atoms with van der Waals surface area (Å²) in [7, 11) is 0. The Labute approximate surface area is 196 Å². The van der Waals surface area contributed by atoms with Crippen molar-refractivity contribution in [3.05, 3.63) is 41.0 Å². The average molecular weight is 483 g/mol. The molecule has 1 aromatic heterocycles. The highest BCUT2D eigenvalue weighted by Gasteiger charge is 2.49. The van der Waals surface area contributed by atoms with E-state index in [0.29, 0.717) is 9.88 Å². The molecule has 0 bridgehead atoms. The first-order valence-electron chi connectivity index (χ1n) is 11.0. The molecule has 5 nitrogen and oxygen atoms in total. The Kier molecular flexibility index (Phi) is 7.51. The van der Waals surface area contributed by atoms with Crippen molar-refractivity contribution in [3.63, 3.8) is 0 Å². The number of esters is 1. The van der Waals surface area contributed by atoms with Gasteiger partial charge >= 0.3 is 12.1 Å². The van der Waals surface area contributed by atoms with Gasteiger partial charge in [0.05, 0.1) is 15.8 Å². The molecule has 180 valence electrons. The summed E-state index contributed by atoms with van der Waals surface area (Å²) in [5.74, 6) is -2.80. The minimum absolute atomic E-state index is 0.0755. The van der Waals surface area contributed by atoms with Crippen molar-refractivity contribution in [3.8, 4) is 10.4 Å². The van der Waals surface area contributed by atoms with E-state index in [9.17, 15) is 22.8 Å². The predicted octanol–water partition coefficient (Wildman–Crippen LogP) is 6.02. The number of benzene rings is 1. The number of amides is 1. The van der Waals surface area contributed by atoms with Crippen LogP contribution in [0.4, 0.5) is 13.2 Å². The van der Waals surface area contributed by atoms with Crippen molar-refractivity contribution in [2.45, 2.75) is 71.2 Å². The molecular formula is C24H29F3N2O3S. The van der Waals surface area contributed by atoms with E-state index in [-0.39, 0.29) is 37.9 Å². The van der Waals surface area contributed by atoms with Gasteiger partial charge < -0.3 is 9.64 Å². The topological polar surface area (TPSA) is 59.5 Å². The van der Waals surface area contributed by atoms with Crippen molar-refractivity contribution in [1.82, 2.24) is 9.88 Å². The summed E-state index contributed by atoms with van der Waals surface area (Å²) in [6.07, 6.45) is -4.62. The Hall–Kier alpha value is -2.42. The minimum atomic E-state index is -4.47. The first-order valence-corrected chi connectivity index (χ1v) is 11.8. The van der Waals surface area contributed by atoms with E-state index in [1.807, 2.05) is 30.3 Å². The smallest absolute Gasteiger partial charge is 0.393 e. The third-order valence-electron chi connectivity index (χ3n) is 5.50. The maximum Gasteiger partial charge on any atom is 0.393 e. The molecule has 1 aromatic carbocycles. The lowest BCUT2D eigenvalue weighted by Crippen LogP contribution is -2.53. The largest absolute Gasteiger partial charge is 0.460 e. The zero-order valence-corrected chi connectivity index (χ0v) is 20.1. The summed E-state index contributed by atoms with van der Waals surface area (Å²) >= 11 is 1.34. The van der Waals surface area contributed by atoms with Gasteiger partial charge in [-0.15, -0.1) is 11.3 Å². The van der Waals surface area contributed by atoms with Crippen LogP contribution in [0, 0.1) is 12.8 Å². The number of carbonyl (C=O) groups excluding carboxylic acids is 2. The van der Waals surface area contributed by atoms with E-state index in [4.69, 9.17) is 4.74 Å². The van der Waals surface area contributed by atoms with Gasteiger partial charge in [0.2, 0.25) is 0 Å². The van der Waals surface area contributed by atoms with Crippen molar-refractivity contribution in [2.24, 2.45) is 5.92 Å². The number of aromatic nitrogens is 1. The Morgan fingerprint density at radius 3 is 2.45 bits per heavy atom. The second-order valence-electron chi connectivity index (χ2n) is 9.26. The summed E-state index contributed by atoms with van der Waals surface area (Å²) in [5.41, 5.74) is 0.223. The van der Waals surface area contributed by atoms with E-state index >= 15 is 0 Å². The van der Waals surface area contributed by atoms with Gasteiger partial charge in [-0.05, 0) is 52.5 Å². The van der Waals surface area contributed by atoms with Crippen molar-refractivity contribution < 1.29 is 27.5 Å². The van der Waals surface area contributed by atoms with Crippen LogP contribution >= 0.6 is 11.3 Å². The fourth-order valence-corrected chi connectivity index (χ4v) is 5.12. The Morgan fingerprint density at radius 1 is 1.18 bits per heavy atom. The molecule has 0 spiro atoms. The van der Waals surface area contributed by atoms with Gasteiger partial charge in [0, 0.05) is 19.0 Å². The number of likely N-dealkylation sites (tertiary alicyclic amines) is 1. The zero-order chi connectivity index (χ0) is 24.4. The van der Waals surface area contributed by atoms with Gasteiger partial charge in [0.25, 0.3) is 5.91 Å². The zero-order valence-electron chi connectivity index (χ0n) is 19.2. The third-order valence-corrected chi connectivity index (χ3v) is 6.52. The van der Waals surface area contributed by atoms with Gasteiger partial charge in [-0.1, -0.05) is 30.3 Å². The highest BCUT2D eigenvalue weighted by molar-refractivity contribution is 7.15. The molecule has 9 heteroatoms. The summed E-state index contributed by atoms with van der Waals surface area (Å²) in [5, 5.41) is 0.659. The molecule has 0 saturated carbocycles. The average Bonchev–Trinajstić information content (AvgIpc) is 3.12. The fourth-order valence-electron chi connectivity index (χ4n) is 4.20. The summed E-state index contributed by atoms with van der Waals surface area (Å²) in [4.78, 5) is 32.1. The number of piperidine rings is 1. The molecule has 2 aromatic rings. The molecule has 1 aliphatic heterocycles. The molecule has 2 atom stereocenters. The summed E-state index contributed by atoms with van der Waals surface area (Å²) in [6.45, 7) is 7.07. The number of aryl methyl sites for hydroxylation is 1. The molecule has 0 aliphatic carbocycles. The lowest BCUT2D eigenvalue weighted by molar-refractivity contribution is -0.199. The van der Waals surface area contributed by atoms with Crippen LogP contribution < -0.4 is 0 Å². The molecule has 1 fully saturated rings. The summed E-state index contributed by atoms with van der Waals surface area (Å²) in [6, 6.07) is 8.07. The van der Waals surface area contributed by atoms with E-state index in [1.165, 1.54) is 16.2 Å². The summed E-state index contributed by atoms with van der Waals surface area (Å²) < 4.78 is 47.0. The maximum absolute atomic E-state index is 13.9. The Balaban J connectivity index is 1.91. The number of hydrogen-bond donors (Lipinski definition) is 0. The number of hydrogen-bond acceptors (Lipinski definition) is 5. The first kappa shape index (κ1) is 25.2. The number of thiazole rings is 1. The number of alkyl halides is 3. The van der Waals surface area contributed by atoms with Gasteiger partial charge in [-0.25, -0.2) is 4.98 Å². The number of rotatable bonds is 5. The first-order chi connectivity index (χ1) is 15.4. The quantitative estimate of drug-likeness (QED) is 0.489. The Bertz CT molecular complexity index is 983. The number of halogens is 3. The molecule has 0 unspecified atom stereocenters. The van der Waals surface area contributed by atoms with Crippen LogP contribution in [0.25, 0.3) is 10.4 Å². The molecule has 3 rings (SSSR count). The SMILES string of the molecule is Cc1nc(C(=O)N2CCC[C@@H](C(F)(F)F)[C@H]2CCC(=O)OC(C)(C)C)c(-c2ccccc2)s1. The predicted molar refractivity (Wildman–Crippen MR) is 121 cm³/mol. The van der Waals surface area contributed by atoms with Crippen molar-refractivity contribution in [2.75, 3.05) is 6.54 Å². The monoisotopic (exact) mass is 482 g/mol. The van der Waals surface area contributed by atoms with Crippen LogP contribution in [0.1, 0.15) is 62.0 Å². The molecule has 33 heavy (non-hydrogen) atoms. The molecule has 2 heterocycles. The van der Waals surface area contributed by atoms with Crippen LogP contribution in [0.15, 0.2) is 30.3 Å². The van der Waals surface area contributed by atoms with Gasteiger partial charge in [-0.2, -0.15) is 13.2 Å². The van der Waals surface area contributed by atoms with E-state index in [1.54, 1.807) is 27.7 Å². The Morgan fingerprint density at radius 2 is 1.85 bits per heavy atom. The minimum Gasteiger partial charge on any atom is -0.460 e. The second kappa shape index (κ2) is 9.83. The van der Waals surface area contributed by atoms with Crippen LogP contribution in [0.5, 0.6) is 0 Å². The molecule has 1 saturated heterocycles. The highest BCUT2D eigenvalue weighted by atomic mass is 32.1. The lowest BCUT2D eigenvalue weighted by atomic mass is 9.85. The van der Waals surface area contributed by atoms with Crippen LogP contribution in [0.2, 0.25) is 0 Å². The van der Waals surface area contributed by atoms with Crippen molar-refractivity contribution in [1.29, 1.82) is 0 Å². The van der Waals surface area contributed by atoms with Gasteiger partial charge in [-0.3, -0.25) is 9.59 Å². The van der Waals surface area contributed by atoms with Crippen LogP contribution in [-0.4, -0.2) is 46.1 Å². The second-order valence-corrected chi connectivity index (χ2v) is 10.5. The van der Waals surface area contributed by atoms with E-state index in [0.717, 1.165) is 5.56 Å². The highest BCUT2D eigenvalue weighted by Crippen LogP contribution is 2.41. The molecule has 0 N–H and O–H groups in total. The van der Waals surface area contributed by atoms with Crippen molar-refractivity contribution >= 4 is 23.2 Å². The molecular weight excluding hydrogens is 453 g/mol. The van der Waals surface area contributed by atoms with Gasteiger partial charge in [0.1, 0.15) is 11.3 Å². The standard InChI is InChI=1S/C24H29F3N2O3S/c1-15-28-20(21(33-15)16-9-6-5-7-10-16)22(31)29-14-8-11-17(24(25,26)27)18(29)12-13-19(30)32-23(2,3)4/h5-7,9-10,17-18H,8,11-14H2,1-4H3/t17-,18-/m1/s1. The third kappa shape index (κ3) is 6.34. The lowest BCUT2D eigenvalue weighted by Gasteiger charge is -2.42. The fraction of sp³-hybridized carbons (Fsp3) is 0.542. The number of nitrogens with zero attached hydrogens (tertiary/aromatic N) is 2. The van der Waals surface area contributed by atoms with Crippen LogP contribution in [0.3, 0.4) is 0 Å². The number of ether oxygens (including phenoxy) is 1. The molecule has 0 radical (unpaired) electrons. The molecule has 1 aliphatic rings. The van der Waals surface area contributed by atoms with Crippen LogP contribution in [-0.2, 0) is 9.53 Å². The van der Waals surface area contributed by atoms with Gasteiger partial charge in [0.15, 0.2) is 0 Å². The van der Waals surface area contributed by atoms with E-state index < -0.39 is 35.6 Å². The normalized spacial score (nSPS) is 19.4. The number of carbonyl (C=O) groups is 2. The maximum atomic E-state index is 13.9. The van der Waals surface area contributed by atoms with E-state index in [2.05, 4.69) is 4.98 Å². The molecule has 1 amide bonds.